The molecule has 1 aromatic carbocycles. The first-order valence-electron chi connectivity index (χ1n) is 9.82. The van der Waals surface area contributed by atoms with Crippen LogP contribution in [0.5, 0.6) is 0 Å². The molecule has 1 atom stereocenters. The number of ether oxygens (including phenoxy) is 1. The molecule has 0 N–H and O–H groups in total. The van der Waals surface area contributed by atoms with Crippen LogP contribution in [0.2, 0.25) is 0 Å². The maximum atomic E-state index is 9.54. The zero-order chi connectivity index (χ0) is 18.5. The molecule has 0 aromatic heterocycles. The number of allylic oxidation sites excluding steroid dienone is 1. The van der Waals surface area contributed by atoms with E-state index >= 15 is 0 Å². The fourth-order valence-corrected chi connectivity index (χ4v) is 2.93. The molecule has 1 unspecified atom stereocenters. The topological polar surface area (TPSA) is 45.4 Å². The lowest BCUT2D eigenvalue weighted by molar-refractivity contribution is 0.0318. The number of aliphatic imine (C=N–C) groups is 1. The lowest BCUT2D eigenvalue weighted by Crippen LogP contribution is -2.29. The standard InChI is InChI=1S/C23H30N2O/c1-2-3-4-5-6-7-11-18-26-23(20-24)16-14-22(15-17-23)25-19-21-12-9-8-10-13-21/h8-10,12-16,19H,2-7,11,17-18H2,1H3. The van der Waals surface area contributed by atoms with Gasteiger partial charge in [-0.3, -0.25) is 4.99 Å². The third-order valence-corrected chi connectivity index (χ3v) is 4.60. The van der Waals surface area contributed by atoms with Crippen molar-refractivity contribution in [3.63, 3.8) is 0 Å². The summed E-state index contributed by atoms with van der Waals surface area (Å²) in [4.78, 5) is 4.48. The Labute approximate surface area is 158 Å². The second-order valence-corrected chi connectivity index (χ2v) is 6.81. The van der Waals surface area contributed by atoms with Gasteiger partial charge < -0.3 is 4.74 Å². The molecule has 26 heavy (non-hydrogen) atoms. The third kappa shape index (κ3) is 6.98. The van der Waals surface area contributed by atoms with Gasteiger partial charge in [0.25, 0.3) is 0 Å². The number of unbranched alkanes of at least 4 members (excludes halogenated alkanes) is 6. The van der Waals surface area contributed by atoms with E-state index in [2.05, 4.69) is 18.0 Å². The van der Waals surface area contributed by atoms with E-state index in [1.165, 1.54) is 38.5 Å². The minimum absolute atomic E-state index is 0.554. The summed E-state index contributed by atoms with van der Waals surface area (Å²) in [5, 5.41) is 9.54. The minimum atomic E-state index is -0.825. The second kappa shape index (κ2) is 11.4. The Morgan fingerprint density at radius 2 is 1.85 bits per heavy atom. The van der Waals surface area contributed by atoms with Crippen LogP contribution in [0.4, 0.5) is 0 Å². The summed E-state index contributed by atoms with van der Waals surface area (Å²) >= 11 is 0. The van der Waals surface area contributed by atoms with E-state index in [9.17, 15) is 5.26 Å². The SMILES string of the molecule is CCCCCCCCCOC1(C#N)C=CC(N=Cc2ccccc2)=CC1. The first kappa shape index (κ1) is 20.1. The highest BCUT2D eigenvalue weighted by Crippen LogP contribution is 2.25. The van der Waals surface area contributed by atoms with Crippen molar-refractivity contribution in [1.82, 2.24) is 0 Å². The van der Waals surface area contributed by atoms with Gasteiger partial charge in [0.2, 0.25) is 0 Å². The lowest BCUT2D eigenvalue weighted by atomic mass is 9.95. The van der Waals surface area contributed by atoms with Crippen molar-refractivity contribution in [2.24, 2.45) is 4.99 Å². The van der Waals surface area contributed by atoms with Gasteiger partial charge in [0, 0.05) is 19.2 Å². The summed E-state index contributed by atoms with van der Waals surface area (Å²) in [5.74, 6) is 0. The molecule has 1 aliphatic rings. The van der Waals surface area contributed by atoms with Gasteiger partial charge in [0.1, 0.15) is 6.07 Å². The molecule has 0 bridgehead atoms. The van der Waals surface area contributed by atoms with Gasteiger partial charge in [-0.25, -0.2) is 0 Å². The zero-order valence-electron chi connectivity index (χ0n) is 15.9. The molecule has 0 radical (unpaired) electrons. The van der Waals surface area contributed by atoms with Crippen molar-refractivity contribution in [3.05, 3.63) is 59.8 Å². The Morgan fingerprint density at radius 1 is 1.12 bits per heavy atom. The molecule has 1 aliphatic carbocycles. The second-order valence-electron chi connectivity index (χ2n) is 6.81. The van der Waals surface area contributed by atoms with E-state index in [1.54, 1.807) is 0 Å². The quantitative estimate of drug-likeness (QED) is 0.364. The Morgan fingerprint density at radius 3 is 2.50 bits per heavy atom. The van der Waals surface area contributed by atoms with E-state index in [0.717, 1.165) is 17.7 Å². The highest BCUT2D eigenvalue weighted by Gasteiger charge is 2.28. The van der Waals surface area contributed by atoms with Crippen LogP contribution in [0.15, 0.2) is 59.2 Å². The smallest absolute Gasteiger partial charge is 0.176 e. The van der Waals surface area contributed by atoms with E-state index in [-0.39, 0.29) is 0 Å². The Kier molecular flexibility index (Phi) is 8.86. The van der Waals surface area contributed by atoms with Gasteiger partial charge >= 0.3 is 0 Å². The Balaban J connectivity index is 1.72. The van der Waals surface area contributed by atoms with Gasteiger partial charge in [0.05, 0.1) is 5.70 Å². The normalized spacial score (nSPS) is 19.5. The van der Waals surface area contributed by atoms with Gasteiger partial charge in [-0.05, 0) is 24.1 Å². The molecule has 3 nitrogen and oxygen atoms in total. The molecule has 138 valence electrons. The van der Waals surface area contributed by atoms with E-state index in [0.29, 0.717) is 13.0 Å². The summed E-state index contributed by atoms with van der Waals surface area (Å²) < 4.78 is 5.91. The van der Waals surface area contributed by atoms with Crippen LogP contribution in [-0.2, 0) is 4.74 Å². The number of hydrogen-bond donors (Lipinski definition) is 0. The monoisotopic (exact) mass is 350 g/mol. The molecule has 2 rings (SSSR count). The fraction of sp³-hybridized carbons (Fsp3) is 0.478. The first-order chi connectivity index (χ1) is 12.8. The molecular formula is C23H30N2O. The van der Waals surface area contributed by atoms with Crippen molar-refractivity contribution in [2.75, 3.05) is 6.61 Å². The molecule has 0 saturated carbocycles. The highest BCUT2D eigenvalue weighted by molar-refractivity contribution is 5.80. The zero-order valence-corrected chi connectivity index (χ0v) is 15.9. The highest BCUT2D eigenvalue weighted by atomic mass is 16.5. The van der Waals surface area contributed by atoms with Crippen molar-refractivity contribution in [3.8, 4) is 6.07 Å². The van der Waals surface area contributed by atoms with Crippen LogP contribution >= 0.6 is 0 Å². The summed E-state index contributed by atoms with van der Waals surface area (Å²) in [5.41, 5.74) is 1.11. The van der Waals surface area contributed by atoms with E-state index < -0.39 is 5.60 Å². The predicted molar refractivity (Wildman–Crippen MR) is 108 cm³/mol. The molecule has 0 heterocycles. The first-order valence-corrected chi connectivity index (χ1v) is 9.82. The molecule has 0 saturated heterocycles. The summed E-state index contributed by atoms with van der Waals surface area (Å²) in [7, 11) is 0. The third-order valence-electron chi connectivity index (χ3n) is 4.60. The predicted octanol–water partition coefficient (Wildman–Crippen LogP) is 5.98. The Bertz CT molecular complexity index is 655. The van der Waals surface area contributed by atoms with Gasteiger partial charge in [0.15, 0.2) is 5.60 Å². The maximum absolute atomic E-state index is 9.54. The number of rotatable bonds is 11. The lowest BCUT2D eigenvalue weighted by Gasteiger charge is -2.24. The van der Waals surface area contributed by atoms with Crippen LogP contribution in [0, 0.1) is 11.3 Å². The molecule has 1 aromatic rings. The van der Waals surface area contributed by atoms with Crippen molar-refractivity contribution in [2.45, 2.75) is 63.9 Å². The van der Waals surface area contributed by atoms with E-state index in [1.807, 2.05) is 54.8 Å². The van der Waals surface area contributed by atoms with Gasteiger partial charge in [-0.15, -0.1) is 0 Å². The van der Waals surface area contributed by atoms with Crippen molar-refractivity contribution in [1.29, 1.82) is 5.26 Å². The number of hydrogen-bond acceptors (Lipinski definition) is 3. The summed E-state index contributed by atoms with van der Waals surface area (Å²) in [6, 6.07) is 12.3. The van der Waals surface area contributed by atoms with Gasteiger partial charge in [-0.2, -0.15) is 5.26 Å². The molecule has 0 fully saturated rings. The van der Waals surface area contributed by atoms with Crippen LogP contribution in [0.1, 0.15) is 63.9 Å². The van der Waals surface area contributed by atoms with Crippen LogP contribution in [0.3, 0.4) is 0 Å². The minimum Gasteiger partial charge on any atom is -0.356 e. The van der Waals surface area contributed by atoms with Gasteiger partial charge in [-0.1, -0.05) is 81.9 Å². The fourth-order valence-electron chi connectivity index (χ4n) is 2.93. The molecule has 0 aliphatic heterocycles. The average molecular weight is 351 g/mol. The van der Waals surface area contributed by atoms with E-state index in [4.69, 9.17) is 4.74 Å². The van der Waals surface area contributed by atoms with Crippen molar-refractivity contribution >= 4 is 6.21 Å². The molecule has 3 heteroatoms. The Hall–Kier alpha value is -2.18. The number of nitrogens with zero attached hydrogens (tertiary/aromatic N) is 2. The largest absolute Gasteiger partial charge is 0.356 e. The number of benzene rings is 1. The molecular weight excluding hydrogens is 320 g/mol. The van der Waals surface area contributed by atoms with Crippen LogP contribution in [0.25, 0.3) is 0 Å². The maximum Gasteiger partial charge on any atom is 0.176 e. The molecule has 0 amide bonds. The summed E-state index contributed by atoms with van der Waals surface area (Å²) in [6.07, 6.45) is 16.8. The average Bonchev–Trinajstić information content (AvgIpc) is 2.70. The summed E-state index contributed by atoms with van der Waals surface area (Å²) in [6.45, 7) is 2.88. The van der Waals surface area contributed by atoms with Crippen LogP contribution < -0.4 is 0 Å². The molecule has 0 spiro atoms. The van der Waals surface area contributed by atoms with Crippen molar-refractivity contribution < 1.29 is 4.74 Å². The van der Waals surface area contributed by atoms with Crippen LogP contribution in [-0.4, -0.2) is 18.4 Å². The number of nitriles is 1.